The van der Waals surface area contributed by atoms with Crippen LogP contribution in [0.2, 0.25) is 15.1 Å². The number of nitrogens with zero attached hydrogens (tertiary/aromatic N) is 2. The van der Waals surface area contributed by atoms with Crippen LogP contribution in [0, 0.1) is 0 Å². The highest BCUT2D eigenvalue weighted by atomic mass is 35.5. The predicted octanol–water partition coefficient (Wildman–Crippen LogP) is 6.02. The lowest BCUT2D eigenvalue weighted by Gasteiger charge is -2.04. The molecule has 0 saturated heterocycles. The number of nitrogens with one attached hydrogen (secondary N) is 1. The molecule has 5 nitrogen and oxygen atoms in total. The van der Waals surface area contributed by atoms with Gasteiger partial charge in [0, 0.05) is 15.4 Å². The van der Waals surface area contributed by atoms with Gasteiger partial charge in [0.1, 0.15) is 5.58 Å². The van der Waals surface area contributed by atoms with Gasteiger partial charge in [-0.05, 0) is 42.5 Å². The molecule has 0 unspecified atom stereocenters. The van der Waals surface area contributed by atoms with Crippen molar-refractivity contribution in [1.29, 1.82) is 0 Å². The maximum atomic E-state index is 12.3. The lowest BCUT2D eigenvalue weighted by Crippen LogP contribution is -2.02. The molecule has 0 amide bonds. The van der Waals surface area contributed by atoms with Gasteiger partial charge in [0.15, 0.2) is 5.01 Å². The van der Waals surface area contributed by atoms with Crippen LogP contribution in [0.25, 0.3) is 21.5 Å². The summed E-state index contributed by atoms with van der Waals surface area (Å²) in [4.78, 5) is 12.3. The summed E-state index contributed by atoms with van der Waals surface area (Å²) < 4.78 is 5.33. The van der Waals surface area contributed by atoms with E-state index in [-0.39, 0.29) is 0 Å². The molecule has 2 heterocycles. The van der Waals surface area contributed by atoms with Crippen LogP contribution in [0.15, 0.2) is 51.7 Å². The van der Waals surface area contributed by atoms with Gasteiger partial charge < -0.3 is 9.73 Å². The van der Waals surface area contributed by atoms with E-state index in [1.54, 1.807) is 42.5 Å². The van der Waals surface area contributed by atoms with Gasteiger partial charge in [0.05, 0.1) is 16.3 Å². The molecule has 9 heteroatoms. The Bertz CT molecular complexity index is 1190. The van der Waals surface area contributed by atoms with Crippen molar-refractivity contribution in [3.63, 3.8) is 0 Å². The summed E-state index contributed by atoms with van der Waals surface area (Å²) in [5.74, 6) is 0. The number of hydrogen-bond donors (Lipinski definition) is 1. The quantitative estimate of drug-likeness (QED) is 0.408. The molecule has 0 saturated carbocycles. The number of anilines is 2. The highest BCUT2D eigenvalue weighted by Crippen LogP contribution is 2.32. The third kappa shape index (κ3) is 3.41. The van der Waals surface area contributed by atoms with Crippen molar-refractivity contribution >= 4 is 67.9 Å². The summed E-state index contributed by atoms with van der Waals surface area (Å²) in [6, 6.07) is 11.8. The summed E-state index contributed by atoms with van der Waals surface area (Å²) in [7, 11) is 0. The van der Waals surface area contributed by atoms with E-state index in [1.807, 2.05) is 0 Å². The van der Waals surface area contributed by atoms with Crippen molar-refractivity contribution in [1.82, 2.24) is 10.2 Å². The van der Waals surface area contributed by atoms with Gasteiger partial charge in [-0.2, -0.15) is 0 Å². The van der Waals surface area contributed by atoms with Crippen LogP contribution in [0.1, 0.15) is 0 Å². The first-order chi connectivity index (χ1) is 12.5. The van der Waals surface area contributed by atoms with E-state index in [4.69, 9.17) is 39.2 Å². The summed E-state index contributed by atoms with van der Waals surface area (Å²) in [5.41, 5.74) is 0.912. The summed E-state index contributed by atoms with van der Waals surface area (Å²) in [6.07, 6.45) is 0. The number of aromatic nitrogens is 2. The minimum absolute atomic E-state index is 0.313. The molecule has 4 aromatic rings. The van der Waals surface area contributed by atoms with Gasteiger partial charge in [-0.15, -0.1) is 10.2 Å². The Labute approximate surface area is 166 Å². The van der Waals surface area contributed by atoms with Gasteiger partial charge >= 0.3 is 5.63 Å². The maximum Gasteiger partial charge on any atom is 0.346 e. The average Bonchev–Trinajstić information content (AvgIpc) is 3.05. The van der Waals surface area contributed by atoms with Crippen LogP contribution >= 0.6 is 46.1 Å². The van der Waals surface area contributed by atoms with Crippen molar-refractivity contribution in [3.8, 4) is 10.6 Å². The first-order valence-corrected chi connectivity index (χ1v) is 9.24. The van der Waals surface area contributed by atoms with E-state index >= 15 is 0 Å². The standard InChI is InChI=1S/C17H8Cl3N3O2S/c18-9-2-4-14-8(5-9)6-11(16(24)25-14)15-22-23-17(26-15)21-13-3-1-10(19)7-12(13)20/h1-7H,(H,21,23). The molecule has 26 heavy (non-hydrogen) atoms. The second-order valence-corrected chi connectivity index (χ2v) is 7.55. The first kappa shape index (κ1) is 17.3. The number of fused-ring (bicyclic) bond motifs is 1. The SMILES string of the molecule is O=c1oc2ccc(Cl)cc2cc1-c1nnc(Nc2ccc(Cl)cc2Cl)s1. The monoisotopic (exact) mass is 423 g/mol. The normalized spacial score (nSPS) is 11.0. The summed E-state index contributed by atoms with van der Waals surface area (Å²) in [5, 5.41) is 14.3. The molecule has 130 valence electrons. The molecule has 0 fully saturated rings. The molecule has 2 aromatic heterocycles. The lowest BCUT2D eigenvalue weighted by atomic mass is 10.2. The Morgan fingerprint density at radius 2 is 1.73 bits per heavy atom. The van der Waals surface area contributed by atoms with Crippen LogP contribution in [-0.2, 0) is 0 Å². The lowest BCUT2D eigenvalue weighted by molar-refractivity contribution is 0.563. The van der Waals surface area contributed by atoms with Gasteiger partial charge in [-0.25, -0.2) is 4.79 Å². The zero-order chi connectivity index (χ0) is 18.3. The highest BCUT2D eigenvalue weighted by molar-refractivity contribution is 7.18. The van der Waals surface area contributed by atoms with Gasteiger partial charge in [-0.3, -0.25) is 0 Å². The van der Waals surface area contributed by atoms with Crippen LogP contribution in [0.5, 0.6) is 0 Å². The van der Waals surface area contributed by atoms with Crippen molar-refractivity contribution < 1.29 is 4.42 Å². The van der Waals surface area contributed by atoms with E-state index in [2.05, 4.69) is 15.5 Å². The Morgan fingerprint density at radius 3 is 2.54 bits per heavy atom. The first-order valence-electron chi connectivity index (χ1n) is 7.29. The summed E-state index contributed by atoms with van der Waals surface area (Å²) in [6.45, 7) is 0. The van der Waals surface area contributed by atoms with Gasteiger partial charge in [0.25, 0.3) is 0 Å². The van der Waals surface area contributed by atoms with Gasteiger partial charge in [-0.1, -0.05) is 46.1 Å². The fourth-order valence-electron chi connectivity index (χ4n) is 2.33. The van der Waals surface area contributed by atoms with Crippen molar-refractivity contribution in [2.45, 2.75) is 0 Å². The zero-order valence-corrected chi connectivity index (χ0v) is 15.9. The molecule has 0 atom stereocenters. The molecule has 0 aliphatic heterocycles. The largest absolute Gasteiger partial charge is 0.422 e. The van der Waals surface area contributed by atoms with Crippen LogP contribution in [0.4, 0.5) is 10.8 Å². The molecule has 2 aromatic carbocycles. The van der Waals surface area contributed by atoms with Crippen molar-refractivity contribution in [2.24, 2.45) is 0 Å². The van der Waals surface area contributed by atoms with E-state index in [9.17, 15) is 4.79 Å². The highest BCUT2D eigenvalue weighted by Gasteiger charge is 2.14. The molecule has 0 aliphatic rings. The second-order valence-electron chi connectivity index (χ2n) is 5.29. The predicted molar refractivity (Wildman–Crippen MR) is 106 cm³/mol. The van der Waals surface area contributed by atoms with E-state index in [1.165, 1.54) is 11.3 Å². The smallest absolute Gasteiger partial charge is 0.346 e. The molecule has 0 spiro atoms. The third-order valence-electron chi connectivity index (χ3n) is 3.52. The van der Waals surface area contributed by atoms with E-state index in [0.29, 0.717) is 47.4 Å². The molecule has 0 bridgehead atoms. The van der Waals surface area contributed by atoms with Crippen LogP contribution in [0.3, 0.4) is 0 Å². The molecule has 0 radical (unpaired) electrons. The zero-order valence-electron chi connectivity index (χ0n) is 12.8. The van der Waals surface area contributed by atoms with Crippen molar-refractivity contribution in [3.05, 3.63) is 68.0 Å². The Hall–Kier alpha value is -2.12. The topological polar surface area (TPSA) is 68.0 Å². The number of hydrogen-bond acceptors (Lipinski definition) is 6. The van der Waals surface area contributed by atoms with E-state index < -0.39 is 5.63 Å². The fourth-order valence-corrected chi connectivity index (χ4v) is 3.73. The Kier molecular flexibility index (Phi) is 4.58. The number of benzene rings is 2. The molecule has 0 aliphatic carbocycles. The number of halogens is 3. The van der Waals surface area contributed by atoms with Crippen molar-refractivity contribution in [2.75, 3.05) is 5.32 Å². The fraction of sp³-hybridized carbons (Fsp3) is 0. The third-order valence-corrected chi connectivity index (χ3v) is 5.18. The van der Waals surface area contributed by atoms with Gasteiger partial charge in [0.2, 0.25) is 5.13 Å². The Balaban J connectivity index is 1.70. The second kappa shape index (κ2) is 6.89. The minimum Gasteiger partial charge on any atom is -0.422 e. The average molecular weight is 425 g/mol. The van der Waals surface area contributed by atoms with E-state index in [0.717, 1.165) is 0 Å². The maximum absolute atomic E-state index is 12.3. The van der Waals surface area contributed by atoms with Crippen LogP contribution in [-0.4, -0.2) is 10.2 Å². The Morgan fingerprint density at radius 1 is 0.962 bits per heavy atom. The molecule has 1 N–H and O–H groups in total. The number of rotatable bonds is 3. The molecular weight excluding hydrogens is 417 g/mol. The summed E-state index contributed by atoms with van der Waals surface area (Å²) >= 11 is 19.2. The molecular formula is C17H8Cl3N3O2S. The van der Waals surface area contributed by atoms with Crippen LogP contribution < -0.4 is 10.9 Å². The minimum atomic E-state index is -0.493. The molecule has 4 rings (SSSR count).